The molecule has 0 spiro atoms. The Kier molecular flexibility index (Phi) is 7.49. The summed E-state index contributed by atoms with van der Waals surface area (Å²) in [6, 6.07) is 0.346. The van der Waals surface area contributed by atoms with Gasteiger partial charge in [0.2, 0.25) is 0 Å². The van der Waals surface area contributed by atoms with Gasteiger partial charge in [-0.05, 0) is 39.9 Å². The van der Waals surface area contributed by atoms with E-state index in [1.54, 1.807) is 0 Å². The molecule has 110 valence electrons. The molecule has 0 aliphatic rings. The van der Waals surface area contributed by atoms with Gasteiger partial charge in [-0.1, -0.05) is 0 Å². The summed E-state index contributed by atoms with van der Waals surface area (Å²) in [6.45, 7) is 10.8. The minimum absolute atomic E-state index is 0.297. The van der Waals surface area contributed by atoms with Gasteiger partial charge in [0.25, 0.3) is 0 Å². The van der Waals surface area contributed by atoms with Crippen molar-refractivity contribution in [3.05, 3.63) is 17.0 Å². The molecule has 0 aliphatic heterocycles. The van der Waals surface area contributed by atoms with Crippen molar-refractivity contribution in [3.63, 3.8) is 0 Å². The smallest absolute Gasteiger partial charge is 0.0644 e. The van der Waals surface area contributed by atoms with Crippen LogP contribution in [-0.2, 0) is 6.54 Å². The van der Waals surface area contributed by atoms with Crippen LogP contribution in [0.3, 0.4) is 0 Å². The van der Waals surface area contributed by atoms with Gasteiger partial charge in [0.05, 0.1) is 5.69 Å². The van der Waals surface area contributed by atoms with Crippen molar-refractivity contribution in [2.24, 2.45) is 0 Å². The van der Waals surface area contributed by atoms with E-state index in [2.05, 4.69) is 42.8 Å². The lowest BCUT2D eigenvalue weighted by Crippen LogP contribution is -2.22. The summed E-state index contributed by atoms with van der Waals surface area (Å²) in [5.74, 6) is 2.13. The van der Waals surface area contributed by atoms with Gasteiger partial charge in [-0.15, -0.1) is 0 Å². The molecule has 19 heavy (non-hydrogen) atoms. The van der Waals surface area contributed by atoms with Crippen LogP contribution in [0.4, 0.5) is 0 Å². The van der Waals surface area contributed by atoms with E-state index in [0.717, 1.165) is 36.7 Å². The molecule has 0 amide bonds. The fraction of sp³-hybridized carbons (Fsp3) is 0.786. The van der Waals surface area contributed by atoms with Crippen molar-refractivity contribution in [3.8, 4) is 0 Å². The highest BCUT2D eigenvalue weighted by atomic mass is 32.2. The van der Waals surface area contributed by atoms with E-state index in [0.29, 0.717) is 12.6 Å². The van der Waals surface area contributed by atoms with E-state index >= 15 is 0 Å². The SMILES string of the molecule is CCn1nc(C)c(C(C)NCCSCCCO)c1C. The number of hydrogen-bond acceptors (Lipinski definition) is 4. The number of aryl methyl sites for hydroxylation is 2. The number of hydrogen-bond donors (Lipinski definition) is 2. The number of aliphatic hydroxyl groups excluding tert-OH is 1. The number of nitrogens with zero attached hydrogens (tertiary/aromatic N) is 2. The lowest BCUT2D eigenvalue weighted by Gasteiger charge is -2.14. The number of rotatable bonds is 9. The zero-order valence-corrected chi connectivity index (χ0v) is 13.4. The quantitative estimate of drug-likeness (QED) is 0.684. The third-order valence-electron chi connectivity index (χ3n) is 3.31. The molecule has 0 bridgehead atoms. The van der Waals surface area contributed by atoms with Gasteiger partial charge < -0.3 is 10.4 Å². The molecular formula is C14H27N3OS. The van der Waals surface area contributed by atoms with Gasteiger partial charge in [0.1, 0.15) is 0 Å². The monoisotopic (exact) mass is 285 g/mol. The first-order chi connectivity index (χ1) is 9.11. The molecule has 1 aromatic heterocycles. The zero-order valence-electron chi connectivity index (χ0n) is 12.6. The molecule has 1 unspecified atom stereocenters. The zero-order chi connectivity index (χ0) is 14.3. The minimum atomic E-state index is 0.297. The van der Waals surface area contributed by atoms with E-state index in [9.17, 15) is 0 Å². The molecule has 0 aromatic carbocycles. The maximum absolute atomic E-state index is 8.71. The molecule has 0 aliphatic carbocycles. The van der Waals surface area contributed by atoms with Crippen LogP contribution in [0.2, 0.25) is 0 Å². The van der Waals surface area contributed by atoms with E-state index in [-0.39, 0.29) is 0 Å². The summed E-state index contributed by atoms with van der Waals surface area (Å²) in [7, 11) is 0. The first kappa shape index (κ1) is 16.5. The normalized spacial score (nSPS) is 12.9. The van der Waals surface area contributed by atoms with Crippen molar-refractivity contribution in [1.82, 2.24) is 15.1 Å². The Morgan fingerprint density at radius 3 is 2.68 bits per heavy atom. The summed E-state index contributed by atoms with van der Waals surface area (Å²) >= 11 is 1.89. The molecule has 4 nitrogen and oxygen atoms in total. The molecule has 1 rings (SSSR count). The van der Waals surface area contributed by atoms with E-state index in [4.69, 9.17) is 5.11 Å². The summed E-state index contributed by atoms with van der Waals surface area (Å²) in [5, 5.41) is 16.8. The Morgan fingerprint density at radius 1 is 1.37 bits per heavy atom. The Bertz CT molecular complexity index is 379. The van der Waals surface area contributed by atoms with Crippen molar-refractivity contribution in [1.29, 1.82) is 0 Å². The Hall–Kier alpha value is -0.520. The van der Waals surface area contributed by atoms with Crippen molar-refractivity contribution in [2.45, 2.75) is 46.7 Å². The third-order valence-corrected chi connectivity index (χ3v) is 4.38. The van der Waals surface area contributed by atoms with Gasteiger partial charge >= 0.3 is 0 Å². The maximum Gasteiger partial charge on any atom is 0.0644 e. The Balaban J connectivity index is 2.41. The van der Waals surface area contributed by atoms with Gasteiger partial charge in [0.15, 0.2) is 0 Å². The highest BCUT2D eigenvalue weighted by Crippen LogP contribution is 2.21. The average Bonchev–Trinajstić information content (AvgIpc) is 2.68. The molecule has 0 fully saturated rings. The van der Waals surface area contributed by atoms with Crippen LogP contribution < -0.4 is 5.32 Å². The Morgan fingerprint density at radius 2 is 2.11 bits per heavy atom. The van der Waals surface area contributed by atoms with E-state index < -0.39 is 0 Å². The predicted octanol–water partition coefficient (Wildman–Crippen LogP) is 2.29. The third kappa shape index (κ3) is 4.82. The lowest BCUT2D eigenvalue weighted by atomic mass is 10.1. The first-order valence-electron chi connectivity index (χ1n) is 7.07. The van der Waals surface area contributed by atoms with Crippen LogP contribution in [0.25, 0.3) is 0 Å². The van der Waals surface area contributed by atoms with E-state index in [1.165, 1.54) is 11.3 Å². The maximum atomic E-state index is 8.71. The van der Waals surface area contributed by atoms with Crippen molar-refractivity contribution in [2.75, 3.05) is 24.7 Å². The van der Waals surface area contributed by atoms with Crippen LogP contribution in [0.15, 0.2) is 0 Å². The topological polar surface area (TPSA) is 50.1 Å². The number of nitrogens with one attached hydrogen (secondary N) is 1. The Labute approximate surface area is 121 Å². The van der Waals surface area contributed by atoms with Crippen molar-refractivity contribution >= 4 is 11.8 Å². The predicted molar refractivity (Wildman–Crippen MR) is 82.8 cm³/mol. The van der Waals surface area contributed by atoms with Gasteiger partial charge in [0, 0.05) is 42.7 Å². The largest absolute Gasteiger partial charge is 0.396 e. The van der Waals surface area contributed by atoms with Gasteiger partial charge in [-0.2, -0.15) is 16.9 Å². The summed E-state index contributed by atoms with van der Waals surface area (Å²) in [4.78, 5) is 0. The molecule has 0 saturated heterocycles. The molecule has 1 heterocycles. The number of aromatic nitrogens is 2. The summed E-state index contributed by atoms with van der Waals surface area (Å²) < 4.78 is 2.07. The molecule has 1 aromatic rings. The molecule has 1 atom stereocenters. The van der Waals surface area contributed by atoms with Crippen molar-refractivity contribution < 1.29 is 5.11 Å². The second kappa shape index (κ2) is 8.61. The minimum Gasteiger partial charge on any atom is -0.396 e. The molecule has 0 radical (unpaired) electrons. The van der Waals surface area contributed by atoms with Crippen LogP contribution in [0.5, 0.6) is 0 Å². The van der Waals surface area contributed by atoms with Gasteiger partial charge in [-0.3, -0.25) is 4.68 Å². The first-order valence-corrected chi connectivity index (χ1v) is 8.23. The highest BCUT2D eigenvalue weighted by molar-refractivity contribution is 7.99. The summed E-state index contributed by atoms with van der Waals surface area (Å²) in [5.41, 5.74) is 3.74. The van der Waals surface area contributed by atoms with Crippen LogP contribution in [-0.4, -0.2) is 39.5 Å². The number of thioether (sulfide) groups is 1. The van der Waals surface area contributed by atoms with Gasteiger partial charge in [-0.25, -0.2) is 0 Å². The van der Waals surface area contributed by atoms with E-state index in [1.807, 2.05) is 11.8 Å². The molecule has 2 N–H and O–H groups in total. The molecule has 0 saturated carbocycles. The molecule has 5 heteroatoms. The van der Waals surface area contributed by atoms with Crippen LogP contribution in [0.1, 0.15) is 43.3 Å². The second-order valence-corrected chi connectivity index (χ2v) is 5.99. The standard InChI is InChI=1S/C14H27N3OS/c1-5-17-13(4)14(12(3)16-17)11(2)15-7-10-19-9-6-8-18/h11,15,18H,5-10H2,1-4H3. The molecular weight excluding hydrogens is 258 g/mol. The fourth-order valence-electron chi connectivity index (χ4n) is 2.36. The lowest BCUT2D eigenvalue weighted by molar-refractivity contribution is 0.296. The van der Waals surface area contributed by atoms with Crippen LogP contribution in [0, 0.1) is 13.8 Å². The fourth-order valence-corrected chi connectivity index (χ4v) is 3.16. The second-order valence-electron chi connectivity index (χ2n) is 4.77. The number of aliphatic hydroxyl groups is 1. The average molecular weight is 285 g/mol. The van der Waals surface area contributed by atoms with Crippen LogP contribution >= 0.6 is 11.8 Å². The summed E-state index contributed by atoms with van der Waals surface area (Å²) in [6.07, 6.45) is 0.891. The highest BCUT2D eigenvalue weighted by Gasteiger charge is 2.16.